The molecule has 0 fully saturated rings. The molecule has 142 valence electrons. The number of hydrogen-bond donors (Lipinski definition) is 2. The van der Waals surface area contributed by atoms with Crippen molar-refractivity contribution in [1.82, 2.24) is 4.98 Å². The Morgan fingerprint density at radius 2 is 1.79 bits per heavy atom. The Morgan fingerprint density at radius 1 is 0.964 bits per heavy atom. The van der Waals surface area contributed by atoms with Crippen molar-refractivity contribution in [3.8, 4) is 0 Å². The molecule has 2 amide bonds. The molecule has 0 saturated carbocycles. The molecule has 1 aromatic heterocycles. The van der Waals surface area contributed by atoms with Gasteiger partial charge in [0.2, 0.25) is 5.91 Å². The van der Waals surface area contributed by atoms with Gasteiger partial charge in [0.1, 0.15) is 0 Å². The van der Waals surface area contributed by atoms with Gasteiger partial charge in [0, 0.05) is 35.1 Å². The number of carbonyl (C=O) groups excluding carboxylic acids is 2. The second kappa shape index (κ2) is 9.71. The summed E-state index contributed by atoms with van der Waals surface area (Å²) in [5, 5.41) is 5.77. The van der Waals surface area contributed by atoms with Gasteiger partial charge in [-0.25, -0.2) is 0 Å². The topological polar surface area (TPSA) is 71.1 Å². The van der Waals surface area contributed by atoms with Gasteiger partial charge in [0.25, 0.3) is 5.91 Å². The molecule has 0 unspecified atom stereocenters. The summed E-state index contributed by atoms with van der Waals surface area (Å²) in [5.74, 6) is 0.748. The van der Waals surface area contributed by atoms with Crippen molar-refractivity contribution in [3.63, 3.8) is 0 Å². The predicted molar refractivity (Wildman–Crippen MR) is 115 cm³/mol. The lowest BCUT2D eigenvalue weighted by Crippen LogP contribution is -2.18. The monoisotopic (exact) mass is 391 g/mol. The smallest absolute Gasteiger partial charge is 0.256 e. The lowest BCUT2D eigenvalue weighted by molar-refractivity contribution is -0.113. The molecule has 3 rings (SSSR count). The van der Waals surface area contributed by atoms with E-state index in [0.29, 0.717) is 17.0 Å². The van der Waals surface area contributed by atoms with E-state index in [4.69, 9.17) is 0 Å². The minimum Gasteiger partial charge on any atom is -0.325 e. The average Bonchev–Trinajstić information content (AvgIpc) is 2.71. The largest absolute Gasteiger partial charge is 0.325 e. The van der Waals surface area contributed by atoms with Gasteiger partial charge < -0.3 is 10.6 Å². The van der Waals surface area contributed by atoms with E-state index in [1.54, 1.807) is 30.6 Å². The van der Waals surface area contributed by atoms with Crippen LogP contribution < -0.4 is 10.6 Å². The number of aromatic nitrogens is 1. The first-order valence-electron chi connectivity index (χ1n) is 8.86. The fourth-order valence-corrected chi connectivity index (χ4v) is 3.43. The molecular formula is C22H21N3O2S. The summed E-state index contributed by atoms with van der Waals surface area (Å²) in [6, 6.07) is 18.5. The minimum absolute atomic E-state index is 0.0994. The van der Waals surface area contributed by atoms with Gasteiger partial charge in [0.15, 0.2) is 0 Å². The van der Waals surface area contributed by atoms with Crippen molar-refractivity contribution < 1.29 is 9.59 Å². The van der Waals surface area contributed by atoms with E-state index in [0.717, 1.165) is 22.6 Å². The maximum absolute atomic E-state index is 12.6. The summed E-state index contributed by atoms with van der Waals surface area (Å²) in [7, 11) is 0. The van der Waals surface area contributed by atoms with Gasteiger partial charge in [-0.3, -0.25) is 14.6 Å². The third kappa shape index (κ3) is 5.44. The van der Waals surface area contributed by atoms with Crippen LogP contribution in [-0.2, 0) is 10.5 Å². The van der Waals surface area contributed by atoms with Gasteiger partial charge in [-0.1, -0.05) is 30.3 Å². The Bertz CT molecular complexity index is 947. The van der Waals surface area contributed by atoms with Crippen molar-refractivity contribution in [1.29, 1.82) is 0 Å². The Labute approximate surface area is 168 Å². The third-order valence-electron chi connectivity index (χ3n) is 4.11. The molecule has 28 heavy (non-hydrogen) atoms. The van der Waals surface area contributed by atoms with E-state index >= 15 is 0 Å². The molecule has 0 spiro atoms. The average molecular weight is 391 g/mol. The van der Waals surface area contributed by atoms with E-state index in [-0.39, 0.29) is 11.8 Å². The molecule has 3 aromatic rings. The third-order valence-corrected chi connectivity index (χ3v) is 5.11. The zero-order valence-corrected chi connectivity index (χ0v) is 16.3. The highest BCUT2D eigenvalue weighted by Crippen LogP contribution is 2.21. The van der Waals surface area contributed by atoms with E-state index in [1.807, 2.05) is 49.4 Å². The molecule has 0 aliphatic heterocycles. The molecule has 2 aromatic carbocycles. The van der Waals surface area contributed by atoms with Gasteiger partial charge in [-0.2, -0.15) is 0 Å². The van der Waals surface area contributed by atoms with Gasteiger partial charge in [-0.05, 0) is 48.4 Å². The number of thioether (sulfide) groups is 1. The fourth-order valence-electron chi connectivity index (χ4n) is 2.67. The summed E-state index contributed by atoms with van der Waals surface area (Å²) in [6.45, 7) is 1.83. The fraction of sp³-hybridized carbons (Fsp3) is 0.136. The number of pyridine rings is 1. The number of benzene rings is 2. The van der Waals surface area contributed by atoms with Crippen LogP contribution in [0.15, 0.2) is 73.1 Å². The molecule has 1 heterocycles. The Morgan fingerprint density at radius 3 is 2.54 bits per heavy atom. The summed E-state index contributed by atoms with van der Waals surface area (Å²) < 4.78 is 0. The lowest BCUT2D eigenvalue weighted by atomic mass is 10.1. The van der Waals surface area contributed by atoms with E-state index in [2.05, 4.69) is 15.6 Å². The second-order valence-corrected chi connectivity index (χ2v) is 7.19. The van der Waals surface area contributed by atoms with Crippen LogP contribution in [0.1, 0.15) is 21.5 Å². The van der Waals surface area contributed by atoms with Crippen LogP contribution in [0.3, 0.4) is 0 Å². The van der Waals surface area contributed by atoms with Crippen molar-refractivity contribution >= 4 is 35.0 Å². The Balaban J connectivity index is 1.59. The molecule has 0 radical (unpaired) electrons. The number of nitrogens with zero attached hydrogens (tertiary/aromatic N) is 1. The number of carbonyl (C=O) groups is 2. The number of hydrogen-bond acceptors (Lipinski definition) is 4. The number of anilines is 2. The number of nitrogens with one attached hydrogen (secondary N) is 2. The maximum atomic E-state index is 12.6. The van der Waals surface area contributed by atoms with E-state index < -0.39 is 0 Å². The molecule has 0 saturated heterocycles. The van der Waals surface area contributed by atoms with Gasteiger partial charge >= 0.3 is 0 Å². The molecular weight excluding hydrogens is 370 g/mol. The minimum atomic E-state index is -0.203. The summed E-state index contributed by atoms with van der Waals surface area (Å²) in [4.78, 5) is 28.9. The first kappa shape index (κ1) is 19.6. The van der Waals surface area contributed by atoms with Crippen molar-refractivity contribution in [2.24, 2.45) is 0 Å². The SMILES string of the molecule is Cc1c(NC(=O)CSCc2cccnc2)cccc1C(=O)Nc1ccccc1. The molecule has 0 aliphatic rings. The first-order valence-corrected chi connectivity index (χ1v) is 10.0. The van der Waals surface area contributed by atoms with E-state index in [9.17, 15) is 9.59 Å². The molecule has 5 nitrogen and oxygen atoms in total. The van der Waals surface area contributed by atoms with Crippen LogP contribution in [0, 0.1) is 6.92 Å². The van der Waals surface area contributed by atoms with Crippen molar-refractivity contribution in [3.05, 3.63) is 89.7 Å². The van der Waals surface area contributed by atoms with Gasteiger partial charge in [-0.15, -0.1) is 11.8 Å². The van der Waals surface area contributed by atoms with Crippen molar-refractivity contribution in [2.75, 3.05) is 16.4 Å². The first-order chi connectivity index (χ1) is 13.6. The lowest BCUT2D eigenvalue weighted by Gasteiger charge is -2.13. The Hall–Kier alpha value is -3.12. The molecule has 6 heteroatoms. The predicted octanol–water partition coefficient (Wildman–Crippen LogP) is 4.51. The number of para-hydroxylation sites is 1. The van der Waals surface area contributed by atoms with E-state index in [1.165, 1.54) is 11.8 Å². The maximum Gasteiger partial charge on any atom is 0.256 e. The highest BCUT2D eigenvalue weighted by molar-refractivity contribution is 7.99. The van der Waals surface area contributed by atoms with Crippen LogP contribution in [0.2, 0.25) is 0 Å². The normalized spacial score (nSPS) is 10.3. The molecule has 0 atom stereocenters. The number of rotatable bonds is 7. The zero-order chi connectivity index (χ0) is 19.8. The quantitative estimate of drug-likeness (QED) is 0.621. The van der Waals surface area contributed by atoms with Crippen LogP contribution in [0.25, 0.3) is 0 Å². The number of amides is 2. The summed E-state index contributed by atoms with van der Waals surface area (Å²) in [5.41, 5.74) is 3.73. The zero-order valence-electron chi connectivity index (χ0n) is 15.5. The molecule has 2 N–H and O–H groups in total. The standard InChI is InChI=1S/C22H21N3O2S/c1-16-19(22(27)24-18-8-3-2-4-9-18)10-5-11-20(16)25-21(26)15-28-14-17-7-6-12-23-13-17/h2-13H,14-15H2,1H3,(H,24,27)(H,25,26). The van der Waals surface area contributed by atoms with Crippen LogP contribution in [0.4, 0.5) is 11.4 Å². The van der Waals surface area contributed by atoms with Gasteiger partial charge in [0.05, 0.1) is 5.75 Å². The van der Waals surface area contributed by atoms with Crippen LogP contribution >= 0.6 is 11.8 Å². The molecule has 0 bridgehead atoms. The highest BCUT2D eigenvalue weighted by atomic mass is 32.2. The van der Waals surface area contributed by atoms with Crippen LogP contribution in [0.5, 0.6) is 0 Å². The molecule has 0 aliphatic carbocycles. The van der Waals surface area contributed by atoms with Crippen molar-refractivity contribution in [2.45, 2.75) is 12.7 Å². The van der Waals surface area contributed by atoms with Crippen LogP contribution in [-0.4, -0.2) is 22.6 Å². The highest BCUT2D eigenvalue weighted by Gasteiger charge is 2.13. The Kier molecular flexibility index (Phi) is 6.81. The second-order valence-electron chi connectivity index (χ2n) is 6.20. The summed E-state index contributed by atoms with van der Waals surface area (Å²) in [6.07, 6.45) is 3.52. The summed E-state index contributed by atoms with van der Waals surface area (Å²) >= 11 is 1.52.